The zero-order valence-corrected chi connectivity index (χ0v) is 16.1. The Kier molecular flexibility index (Phi) is 5.28. The van der Waals surface area contributed by atoms with Gasteiger partial charge in [0.25, 0.3) is 11.7 Å². The van der Waals surface area contributed by atoms with Crippen LogP contribution >= 0.6 is 23.2 Å². The fraction of sp³-hybridized carbons (Fsp3) is 0.350. The third-order valence-electron chi connectivity index (χ3n) is 4.64. The summed E-state index contributed by atoms with van der Waals surface area (Å²) in [7, 11) is 0. The largest absolute Gasteiger partial charge is 0.494 e. The third kappa shape index (κ3) is 3.29. The molecule has 0 radical (unpaired) electrons. The summed E-state index contributed by atoms with van der Waals surface area (Å²) in [5.74, 6) is -0.982. The van der Waals surface area contributed by atoms with Crippen LogP contribution in [0.1, 0.15) is 18.4 Å². The van der Waals surface area contributed by atoms with E-state index in [1.54, 1.807) is 17.0 Å². The number of halogens is 2. The number of hydrogen-bond donors (Lipinski definition) is 0. The quantitative estimate of drug-likeness (QED) is 0.689. The summed E-state index contributed by atoms with van der Waals surface area (Å²) in [4.78, 5) is 14.8. The molecule has 2 aromatic rings. The van der Waals surface area contributed by atoms with E-state index in [0.29, 0.717) is 54.1 Å². The second-order valence-corrected chi connectivity index (χ2v) is 7.21. The van der Waals surface area contributed by atoms with E-state index in [4.69, 9.17) is 37.4 Å². The average Bonchev–Trinajstić information content (AvgIpc) is 2.93. The molecule has 5 nitrogen and oxygen atoms in total. The number of para-hydroxylation sites is 1. The minimum Gasteiger partial charge on any atom is -0.494 e. The molecule has 0 bridgehead atoms. The van der Waals surface area contributed by atoms with Crippen molar-refractivity contribution in [1.29, 1.82) is 0 Å². The molecule has 1 saturated heterocycles. The molecule has 0 unspecified atom stereocenters. The summed E-state index contributed by atoms with van der Waals surface area (Å²) in [5, 5.41) is 0.856. The number of hydrogen-bond acceptors (Lipinski definition) is 4. The Morgan fingerprint density at radius 2 is 1.74 bits per heavy atom. The minimum atomic E-state index is -1.49. The van der Waals surface area contributed by atoms with Crippen LogP contribution in [0.5, 0.6) is 5.75 Å². The highest BCUT2D eigenvalue weighted by Crippen LogP contribution is 2.51. The van der Waals surface area contributed by atoms with E-state index in [-0.39, 0.29) is 5.91 Å². The first-order valence-corrected chi connectivity index (χ1v) is 9.65. The molecular weight excluding hydrogens is 389 g/mol. The Labute approximate surface area is 167 Å². The van der Waals surface area contributed by atoms with Gasteiger partial charge in [0.2, 0.25) is 0 Å². The van der Waals surface area contributed by atoms with Gasteiger partial charge in [-0.1, -0.05) is 41.4 Å². The number of rotatable bonds is 5. The molecule has 1 fully saturated rings. The summed E-state index contributed by atoms with van der Waals surface area (Å²) in [5.41, 5.74) is 1.07. The van der Waals surface area contributed by atoms with Crippen LogP contribution in [0.3, 0.4) is 0 Å². The number of nitrogens with zero attached hydrogens (tertiary/aromatic N) is 1. The lowest BCUT2D eigenvalue weighted by Crippen LogP contribution is -2.47. The van der Waals surface area contributed by atoms with Crippen molar-refractivity contribution in [2.45, 2.75) is 18.6 Å². The molecule has 1 amide bonds. The molecule has 7 heteroatoms. The standard InChI is InChI=1S/C20H19Cl2NO4/c21-15-8-9-16(22)18-17(15)20(26-12-5-13-27-20)19(24)23(18)10-4-11-25-14-6-2-1-3-7-14/h1-3,6-9H,4-5,10-13H2. The van der Waals surface area contributed by atoms with Gasteiger partial charge in [-0.25, -0.2) is 0 Å². The Morgan fingerprint density at radius 3 is 2.48 bits per heavy atom. The maximum absolute atomic E-state index is 13.2. The summed E-state index contributed by atoms with van der Waals surface area (Å²) >= 11 is 12.8. The molecule has 0 aromatic heterocycles. The van der Waals surface area contributed by atoms with Crippen molar-refractivity contribution in [3.8, 4) is 5.75 Å². The second kappa shape index (κ2) is 7.68. The number of fused-ring (bicyclic) bond motifs is 2. The van der Waals surface area contributed by atoms with Crippen molar-refractivity contribution in [3.63, 3.8) is 0 Å². The monoisotopic (exact) mass is 407 g/mol. The van der Waals surface area contributed by atoms with E-state index in [1.165, 1.54) is 0 Å². The number of anilines is 1. The Hall–Kier alpha value is -1.79. The van der Waals surface area contributed by atoms with Gasteiger partial charge in [0.1, 0.15) is 5.75 Å². The molecule has 142 valence electrons. The van der Waals surface area contributed by atoms with Gasteiger partial charge in [-0.05, 0) is 37.1 Å². The van der Waals surface area contributed by atoms with Crippen LogP contribution in [0.4, 0.5) is 5.69 Å². The molecular formula is C20H19Cl2NO4. The van der Waals surface area contributed by atoms with Crippen LogP contribution in [-0.4, -0.2) is 32.3 Å². The van der Waals surface area contributed by atoms with Gasteiger partial charge in [0.05, 0.1) is 41.1 Å². The first kappa shape index (κ1) is 18.6. The molecule has 27 heavy (non-hydrogen) atoms. The molecule has 1 spiro atoms. The molecule has 2 aromatic carbocycles. The Bertz CT molecular complexity index is 837. The number of benzene rings is 2. The lowest BCUT2D eigenvalue weighted by atomic mass is 10.1. The van der Waals surface area contributed by atoms with E-state index in [0.717, 1.165) is 12.2 Å². The van der Waals surface area contributed by atoms with Crippen LogP contribution in [0.2, 0.25) is 10.0 Å². The highest BCUT2D eigenvalue weighted by Gasteiger charge is 2.56. The lowest BCUT2D eigenvalue weighted by Gasteiger charge is -2.32. The van der Waals surface area contributed by atoms with Crippen molar-refractivity contribution in [3.05, 3.63) is 58.1 Å². The van der Waals surface area contributed by atoms with E-state index >= 15 is 0 Å². The maximum atomic E-state index is 13.2. The fourth-order valence-corrected chi connectivity index (χ4v) is 3.98. The van der Waals surface area contributed by atoms with E-state index < -0.39 is 5.79 Å². The summed E-state index contributed by atoms with van der Waals surface area (Å²) in [6.07, 6.45) is 1.35. The van der Waals surface area contributed by atoms with Gasteiger partial charge in [-0.2, -0.15) is 0 Å². The van der Waals surface area contributed by atoms with Gasteiger partial charge in [-0.15, -0.1) is 0 Å². The maximum Gasteiger partial charge on any atom is 0.292 e. The molecule has 4 rings (SSSR count). The summed E-state index contributed by atoms with van der Waals surface area (Å²) < 4.78 is 17.4. The van der Waals surface area contributed by atoms with Crippen LogP contribution in [0.25, 0.3) is 0 Å². The van der Waals surface area contributed by atoms with Crippen LogP contribution < -0.4 is 9.64 Å². The van der Waals surface area contributed by atoms with Gasteiger partial charge in [-0.3, -0.25) is 4.79 Å². The van der Waals surface area contributed by atoms with Crippen LogP contribution in [0.15, 0.2) is 42.5 Å². The second-order valence-electron chi connectivity index (χ2n) is 6.39. The SMILES string of the molecule is O=C1N(CCCOc2ccccc2)c2c(Cl)ccc(Cl)c2C12OCCCO2. The fourth-order valence-electron chi connectivity index (χ4n) is 3.45. The highest BCUT2D eigenvalue weighted by atomic mass is 35.5. The minimum absolute atomic E-state index is 0.285. The number of ether oxygens (including phenoxy) is 3. The molecule has 2 aliphatic rings. The normalized spacial score (nSPS) is 18.0. The van der Waals surface area contributed by atoms with Gasteiger partial charge in [0.15, 0.2) is 0 Å². The van der Waals surface area contributed by atoms with Crippen molar-refractivity contribution in [2.75, 3.05) is 31.3 Å². The molecule has 2 heterocycles. The topological polar surface area (TPSA) is 48.0 Å². The zero-order valence-electron chi connectivity index (χ0n) is 14.6. The van der Waals surface area contributed by atoms with E-state index in [2.05, 4.69) is 0 Å². The predicted molar refractivity (Wildman–Crippen MR) is 104 cm³/mol. The first-order chi connectivity index (χ1) is 13.1. The van der Waals surface area contributed by atoms with Crippen molar-refractivity contribution >= 4 is 34.8 Å². The Balaban J connectivity index is 1.55. The van der Waals surface area contributed by atoms with E-state index in [1.807, 2.05) is 30.3 Å². The summed E-state index contributed by atoms with van der Waals surface area (Å²) in [6, 6.07) is 12.9. The zero-order chi connectivity index (χ0) is 18.9. The molecule has 2 aliphatic heterocycles. The molecule has 0 N–H and O–H groups in total. The first-order valence-electron chi connectivity index (χ1n) is 8.90. The Morgan fingerprint density at radius 1 is 1.04 bits per heavy atom. The number of carbonyl (C=O) groups excluding carboxylic acids is 1. The third-order valence-corrected chi connectivity index (χ3v) is 5.26. The predicted octanol–water partition coefficient (Wildman–Crippen LogP) is 4.40. The average molecular weight is 408 g/mol. The highest BCUT2D eigenvalue weighted by molar-refractivity contribution is 6.38. The van der Waals surface area contributed by atoms with Gasteiger partial charge in [0, 0.05) is 6.54 Å². The lowest BCUT2D eigenvalue weighted by molar-refractivity contribution is -0.256. The van der Waals surface area contributed by atoms with Gasteiger partial charge >= 0.3 is 0 Å². The summed E-state index contributed by atoms with van der Waals surface area (Å²) in [6.45, 7) is 1.75. The van der Waals surface area contributed by atoms with Crippen molar-refractivity contribution in [2.24, 2.45) is 0 Å². The van der Waals surface area contributed by atoms with Crippen LogP contribution in [0, 0.1) is 0 Å². The number of amides is 1. The van der Waals surface area contributed by atoms with Crippen molar-refractivity contribution in [1.82, 2.24) is 0 Å². The number of carbonyl (C=O) groups is 1. The van der Waals surface area contributed by atoms with Crippen LogP contribution in [-0.2, 0) is 20.1 Å². The molecule has 0 aliphatic carbocycles. The molecule has 0 saturated carbocycles. The smallest absolute Gasteiger partial charge is 0.292 e. The van der Waals surface area contributed by atoms with E-state index in [9.17, 15) is 4.79 Å². The molecule has 0 atom stereocenters. The van der Waals surface area contributed by atoms with Gasteiger partial charge < -0.3 is 19.1 Å². The van der Waals surface area contributed by atoms with Crippen molar-refractivity contribution < 1.29 is 19.0 Å².